The van der Waals surface area contributed by atoms with E-state index in [0.717, 1.165) is 15.4 Å². The van der Waals surface area contributed by atoms with Crippen molar-refractivity contribution >= 4 is 26.8 Å². The van der Waals surface area contributed by atoms with E-state index < -0.39 is 0 Å². The van der Waals surface area contributed by atoms with Crippen molar-refractivity contribution in [3.05, 3.63) is 59.1 Å². The van der Waals surface area contributed by atoms with Crippen molar-refractivity contribution in [1.82, 2.24) is 4.98 Å². The van der Waals surface area contributed by atoms with Crippen molar-refractivity contribution in [2.75, 3.05) is 0 Å². The van der Waals surface area contributed by atoms with Gasteiger partial charge in [-0.2, -0.15) is 0 Å². The molecule has 0 aliphatic carbocycles. The highest BCUT2D eigenvalue weighted by Gasteiger charge is 2.02. The van der Waals surface area contributed by atoms with Crippen LogP contribution in [0.1, 0.15) is 0 Å². The molecule has 2 aromatic carbocycles. The highest BCUT2D eigenvalue weighted by molar-refractivity contribution is 9.10. The van der Waals surface area contributed by atoms with Gasteiger partial charge in [0.25, 0.3) is 0 Å². The maximum absolute atomic E-state index is 11.0. The van der Waals surface area contributed by atoms with Crippen LogP contribution in [0.5, 0.6) is 17.4 Å². The molecule has 1 aromatic heterocycles. The lowest BCUT2D eigenvalue weighted by Gasteiger charge is -2.05. The van der Waals surface area contributed by atoms with Crippen LogP contribution in [0.3, 0.4) is 0 Å². The molecule has 93 valence electrons. The summed E-state index contributed by atoms with van der Waals surface area (Å²) in [5.74, 6) is 1.07. The Kier molecular flexibility index (Phi) is 3.09. The molecule has 1 radical (unpaired) electrons. The Hall–Kier alpha value is -2.07. The molecule has 1 heterocycles. The number of rotatable bonds is 2. The van der Waals surface area contributed by atoms with Crippen molar-refractivity contribution in [3.63, 3.8) is 0 Å². The van der Waals surface area contributed by atoms with Gasteiger partial charge in [-0.05, 0) is 48.5 Å². The summed E-state index contributed by atoms with van der Waals surface area (Å²) in [6.07, 6.45) is 0. The van der Waals surface area contributed by atoms with Gasteiger partial charge in [-0.3, -0.25) is 5.11 Å². The minimum atomic E-state index is -0.0383. The molecule has 0 amide bonds. The van der Waals surface area contributed by atoms with Crippen LogP contribution >= 0.6 is 15.9 Å². The normalized spacial score (nSPS) is 10.6. The zero-order valence-electron chi connectivity index (χ0n) is 9.84. The Bertz CT molecular complexity index is 726. The van der Waals surface area contributed by atoms with Gasteiger partial charge in [-0.1, -0.05) is 15.9 Å². The van der Waals surface area contributed by atoms with E-state index in [1.807, 2.05) is 24.3 Å². The van der Waals surface area contributed by atoms with Crippen molar-refractivity contribution in [2.24, 2.45) is 0 Å². The van der Waals surface area contributed by atoms with Gasteiger partial charge in [-0.25, -0.2) is 4.98 Å². The van der Waals surface area contributed by atoms with Gasteiger partial charge < -0.3 is 4.74 Å². The fourth-order valence-corrected chi connectivity index (χ4v) is 2.14. The summed E-state index contributed by atoms with van der Waals surface area (Å²) < 4.78 is 6.63. The van der Waals surface area contributed by atoms with Crippen molar-refractivity contribution in [1.29, 1.82) is 0 Å². The number of benzene rings is 2. The number of halogens is 1. The molecule has 0 unspecified atom stereocenters. The second-order valence-electron chi connectivity index (χ2n) is 4.06. The molecule has 3 aromatic rings. The minimum Gasteiger partial charge on any atom is -0.439 e. The molecule has 0 aliphatic heterocycles. The topological polar surface area (TPSA) is 42.0 Å². The largest absolute Gasteiger partial charge is 0.439 e. The summed E-state index contributed by atoms with van der Waals surface area (Å²) in [5.41, 5.74) is 0.862. The Morgan fingerprint density at radius 1 is 0.947 bits per heavy atom. The molecule has 0 N–H and O–H groups in total. The molecule has 0 saturated carbocycles. The molecule has 19 heavy (non-hydrogen) atoms. The molecule has 3 rings (SSSR count). The maximum atomic E-state index is 11.0. The van der Waals surface area contributed by atoms with Crippen molar-refractivity contribution in [2.45, 2.75) is 0 Å². The van der Waals surface area contributed by atoms with Crippen LogP contribution in [0.15, 0.2) is 59.1 Å². The monoisotopic (exact) mass is 314 g/mol. The van der Waals surface area contributed by atoms with Gasteiger partial charge in [0.1, 0.15) is 5.75 Å². The summed E-state index contributed by atoms with van der Waals surface area (Å²) in [5, 5.41) is 12.0. The molecule has 0 spiro atoms. The number of ether oxygens (including phenoxy) is 1. The third kappa shape index (κ3) is 2.69. The molecule has 0 bridgehead atoms. The van der Waals surface area contributed by atoms with E-state index in [1.54, 1.807) is 18.2 Å². The van der Waals surface area contributed by atoms with Crippen LogP contribution in [-0.2, 0) is 5.11 Å². The quantitative estimate of drug-likeness (QED) is 0.672. The van der Waals surface area contributed by atoms with Crippen LogP contribution < -0.4 is 4.74 Å². The first-order valence-electron chi connectivity index (χ1n) is 5.72. The summed E-state index contributed by atoms with van der Waals surface area (Å²) >= 11 is 3.42. The highest BCUT2D eigenvalue weighted by Crippen LogP contribution is 2.25. The third-order valence-electron chi connectivity index (χ3n) is 2.67. The lowest BCUT2D eigenvalue weighted by atomic mass is 10.2. The van der Waals surface area contributed by atoms with Crippen LogP contribution in [0.2, 0.25) is 0 Å². The van der Waals surface area contributed by atoms with Crippen LogP contribution in [0.25, 0.3) is 10.9 Å². The van der Waals surface area contributed by atoms with E-state index in [9.17, 15) is 5.11 Å². The molecule has 3 nitrogen and oxygen atoms in total. The average molecular weight is 315 g/mol. The first kappa shape index (κ1) is 12.0. The smallest absolute Gasteiger partial charge is 0.219 e. The molecule has 0 aliphatic rings. The Balaban J connectivity index is 1.93. The number of nitrogens with zero attached hydrogens (tertiary/aromatic N) is 1. The fourth-order valence-electron chi connectivity index (χ4n) is 1.76. The molecule has 0 fully saturated rings. The lowest BCUT2D eigenvalue weighted by molar-refractivity contribution is 0.353. The summed E-state index contributed by atoms with van der Waals surface area (Å²) in [6.45, 7) is 0. The SMILES string of the molecule is [O]c1ccc(Oc2ccc3cc(Br)ccc3n2)cc1. The Morgan fingerprint density at radius 3 is 2.53 bits per heavy atom. The predicted molar refractivity (Wildman–Crippen MR) is 76.1 cm³/mol. The lowest BCUT2D eigenvalue weighted by Crippen LogP contribution is -1.88. The molecule has 4 heteroatoms. The van der Waals surface area contributed by atoms with E-state index in [0.29, 0.717) is 11.6 Å². The third-order valence-corrected chi connectivity index (χ3v) is 3.17. The van der Waals surface area contributed by atoms with E-state index in [4.69, 9.17) is 4.74 Å². The Labute approximate surface area is 118 Å². The second kappa shape index (κ2) is 4.90. The van der Waals surface area contributed by atoms with E-state index in [1.165, 1.54) is 12.1 Å². The summed E-state index contributed by atoms with van der Waals surface area (Å²) in [4.78, 5) is 4.41. The van der Waals surface area contributed by atoms with Crippen molar-refractivity contribution < 1.29 is 9.84 Å². The Morgan fingerprint density at radius 2 is 1.74 bits per heavy atom. The van der Waals surface area contributed by atoms with Gasteiger partial charge in [0.05, 0.1) is 5.52 Å². The van der Waals surface area contributed by atoms with Gasteiger partial charge in [0.15, 0.2) is 5.75 Å². The first-order valence-corrected chi connectivity index (χ1v) is 6.51. The molecule has 0 saturated heterocycles. The number of pyridine rings is 1. The fraction of sp³-hybridized carbons (Fsp3) is 0. The van der Waals surface area contributed by atoms with Gasteiger partial charge >= 0.3 is 0 Å². The summed E-state index contributed by atoms with van der Waals surface area (Å²) in [6, 6.07) is 15.8. The average Bonchev–Trinajstić information content (AvgIpc) is 2.42. The van der Waals surface area contributed by atoms with Gasteiger partial charge in [0.2, 0.25) is 5.88 Å². The molecular weight excluding hydrogens is 306 g/mol. The second-order valence-corrected chi connectivity index (χ2v) is 4.98. The zero-order valence-corrected chi connectivity index (χ0v) is 11.4. The first-order chi connectivity index (χ1) is 9.20. The number of fused-ring (bicyclic) bond motifs is 1. The maximum Gasteiger partial charge on any atom is 0.219 e. The predicted octanol–water partition coefficient (Wildman–Crippen LogP) is 4.93. The van der Waals surface area contributed by atoms with E-state index in [-0.39, 0.29) is 5.75 Å². The van der Waals surface area contributed by atoms with Gasteiger partial charge in [0, 0.05) is 15.9 Å². The van der Waals surface area contributed by atoms with Crippen molar-refractivity contribution in [3.8, 4) is 17.4 Å². The van der Waals surface area contributed by atoms with Crippen LogP contribution in [-0.4, -0.2) is 4.98 Å². The van der Waals surface area contributed by atoms with E-state index >= 15 is 0 Å². The minimum absolute atomic E-state index is 0.0383. The van der Waals surface area contributed by atoms with Crippen LogP contribution in [0, 0.1) is 0 Å². The number of aromatic nitrogens is 1. The number of hydrogen-bond acceptors (Lipinski definition) is 2. The van der Waals surface area contributed by atoms with E-state index in [2.05, 4.69) is 20.9 Å². The molecule has 0 atom stereocenters. The van der Waals surface area contributed by atoms with Gasteiger partial charge in [-0.15, -0.1) is 0 Å². The number of hydrogen-bond donors (Lipinski definition) is 0. The standard InChI is InChI=1S/C15H9BrNO2/c16-11-2-7-14-10(9-11)1-8-15(17-14)19-13-5-3-12(18)4-6-13/h1-9H. The summed E-state index contributed by atoms with van der Waals surface area (Å²) in [7, 11) is 0. The molecular formula is C15H9BrNO2. The zero-order chi connectivity index (χ0) is 13.2. The van der Waals surface area contributed by atoms with Crippen LogP contribution in [0.4, 0.5) is 0 Å². The highest BCUT2D eigenvalue weighted by atomic mass is 79.9.